The molecule has 0 spiro atoms. The lowest BCUT2D eigenvalue weighted by molar-refractivity contribution is -0.134. The molecule has 3 aromatic rings. The number of ketones is 1. The van der Waals surface area contributed by atoms with Gasteiger partial charge in [0.05, 0.1) is 40.4 Å². The van der Waals surface area contributed by atoms with E-state index in [0.717, 1.165) is 0 Å². The number of nitrogens with zero attached hydrogens (tertiary/aromatic N) is 1. The fourth-order valence-corrected chi connectivity index (χ4v) is 3.72. The van der Waals surface area contributed by atoms with E-state index in [0.29, 0.717) is 63.5 Å². The number of rotatable bonds is 9. The number of Topliss-reactive ketones (excluding diaryl/α,β-unsaturated/α-hetero) is 1. The van der Waals surface area contributed by atoms with Crippen LogP contribution in [-0.4, -0.2) is 45.3 Å². The highest BCUT2D eigenvalue weighted by molar-refractivity contribution is 6.15. The summed E-state index contributed by atoms with van der Waals surface area (Å²) in [5.41, 5.74) is 1.53. The predicted molar refractivity (Wildman–Crippen MR) is 127 cm³/mol. The molecule has 0 saturated heterocycles. The zero-order chi connectivity index (χ0) is 25.8. The molecule has 2 heterocycles. The van der Waals surface area contributed by atoms with E-state index in [1.54, 1.807) is 43.3 Å². The molecule has 0 radical (unpaired) electrons. The van der Waals surface area contributed by atoms with Gasteiger partial charge < -0.3 is 32.9 Å². The summed E-state index contributed by atoms with van der Waals surface area (Å²) in [6, 6.07) is 8.17. The average molecular weight is 495 g/mol. The minimum Gasteiger partial charge on any atom is -0.493 e. The minimum absolute atomic E-state index is 0.0704. The Bertz CT molecular complexity index is 1310. The smallest absolute Gasteiger partial charge is 0.311 e. The molecule has 0 atom stereocenters. The summed E-state index contributed by atoms with van der Waals surface area (Å²) in [4.78, 5) is 25.4. The lowest BCUT2D eigenvalue weighted by Crippen LogP contribution is -2.10. The van der Waals surface area contributed by atoms with Gasteiger partial charge in [-0.2, -0.15) is 0 Å². The summed E-state index contributed by atoms with van der Waals surface area (Å²) in [5.74, 6) is 2.17. The molecule has 10 heteroatoms. The highest BCUT2D eigenvalue weighted by Gasteiger charge is 2.31. The molecule has 0 aliphatic carbocycles. The lowest BCUT2D eigenvalue weighted by Gasteiger charge is -2.13. The largest absolute Gasteiger partial charge is 0.493 e. The SMILES string of the molecule is COc1cc(CCC(=O)Oc2ccc3c(c2C)O/C(=C\c2cc(OC)c(OC)c(OC)c2)C3=O)on1. The van der Waals surface area contributed by atoms with Gasteiger partial charge in [0.1, 0.15) is 17.3 Å². The monoisotopic (exact) mass is 495 g/mol. The average Bonchev–Trinajstić information content (AvgIpc) is 3.48. The summed E-state index contributed by atoms with van der Waals surface area (Å²) in [7, 11) is 6.01. The molecule has 0 fully saturated rings. The lowest BCUT2D eigenvalue weighted by atomic mass is 10.1. The van der Waals surface area contributed by atoms with E-state index in [9.17, 15) is 9.59 Å². The molecule has 4 rings (SSSR count). The van der Waals surface area contributed by atoms with Crippen LogP contribution in [-0.2, 0) is 11.2 Å². The zero-order valence-corrected chi connectivity index (χ0v) is 20.5. The third-order valence-electron chi connectivity index (χ3n) is 5.57. The molecule has 1 aliphatic rings. The third-order valence-corrected chi connectivity index (χ3v) is 5.57. The second kappa shape index (κ2) is 10.4. The number of fused-ring (bicyclic) bond motifs is 1. The molecule has 0 unspecified atom stereocenters. The van der Waals surface area contributed by atoms with Crippen molar-refractivity contribution in [3.63, 3.8) is 0 Å². The van der Waals surface area contributed by atoms with E-state index in [1.807, 2.05) is 0 Å². The van der Waals surface area contributed by atoms with Crippen molar-refractivity contribution < 1.29 is 42.5 Å². The molecule has 1 aliphatic heterocycles. The number of benzene rings is 2. The first kappa shape index (κ1) is 24.6. The number of ether oxygens (including phenoxy) is 6. The summed E-state index contributed by atoms with van der Waals surface area (Å²) < 4.78 is 37.5. The number of allylic oxidation sites excluding steroid dienone is 1. The first-order chi connectivity index (χ1) is 17.4. The van der Waals surface area contributed by atoms with Crippen LogP contribution in [0.15, 0.2) is 40.6 Å². The highest BCUT2D eigenvalue weighted by atomic mass is 16.5. The number of esters is 1. The molecule has 0 amide bonds. The summed E-state index contributed by atoms with van der Waals surface area (Å²) in [6.45, 7) is 1.72. The van der Waals surface area contributed by atoms with Crippen molar-refractivity contribution in [2.45, 2.75) is 19.8 Å². The van der Waals surface area contributed by atoms with Crippen molar-refractivity contribution in [3.8, 4) is 34.6 Å². The van der Waals surface area contributed by atoms with Crippen LogP contribution in [0.3, 0.4) is 0 Å². The first-order valence-electron chi connectivity index (χ1n) is 11.0. The molecule has 188 valence electrons. The van der Waals surface area contributed by atoms with Gasteiger partial charge in [-0.1, -0.05) is 0 Å². The fraction of sp³-hybridized carbons (Fsp3) is 0.269. The third kappa shape index (κ3) is 4.83. The maximum Gasteiger partial charge on any atom is 0.311 e. The number of carbonyl (C=O) groups excluding carboxylic acids is 2. The number of methoxy groups -OCH3 is 4. The Labute approximate surface area is 207 Å². The number of hydrogen-bond acceptors (Lipinski definition) is 10. The van der Waals surface area contributed by atoms with Gasteiger partial charge in [0.15, 0.2) is 17.3 Å². The van der Waals surface area contributed by atoms with Crippen LogP contribution in [0.25, 0.3) is 6.08 Å². The summed E-state index contributed by atoms with van der Waals surface area (Å²) in [5, 5.41) is 3.70. The van der Waals surface area contributed by atoms with E-state index in [2.05, 4.69) is 5.16 Å². The fourth-order valence-electron chi connectivity index (χ4n) is 3.72. The van der Waals surface area contributed by atoms with Gasteiger partial charge in [-0.05, 0) is 48.0 Å². The number of hydrogen-bond donors (Lipinski definition) is 0. The number of carbonyl (C=O) groups is 2. The quantitative estimate of drug-likeness (QED) is 0.243. The van der Waals surface area contributed by atoms with Crippen molar-refractivity contribution in [2.24, 2.45) is 0 Å². The standard InChI is InChI=1S/C26H25NO9/c1-14-18(34-23(28)9-6-16-13-22(32-4)27-36-16)8-7-17-24(29)19(35-25(14)17)10-15-11-20(30-2)26(33-5)21(12-15)31-3/h7-8,10-13H,6,9H2,1-5H3/b19-10-. The Morgan fingerprint density at radius 3 is 2.31 bits per heavy atom. The molecule has 0 bridgehead atoms. The van der Waals surface area contributed by atoms with Gasteiger partial charge in [-0.15, -0.1) is 0 Å². The maximum absolute atomic E-state index is 13.0. The van der Waals surface area contributed by atoms with Gasteiger partial charge in [-0.3, -0.25) is 9.59 Å². The van der Waals surface area contributed by atoms with Crippen LogP contribution in [0, 0.1) is 6.92 Å². The predicted octanol–water partition coefficient (Wildman–Crippen LogP) is 4.17. The van der Waals surface area contributed by atoms with Crippen molar-refractivity contribution in [1.82, 2.24) is 5.16 Å². The van der Waals surface area contributed by atoms with E-state index in [1.165, 1.54) is 28.4 Å². The molecule has 1 aromatic heterocycles. The van der Waals surface area contributed by atoms with Gasteiger partial charge in [0, 0.05) is 18.1 Å². The molecule has 0 saturated carbocycles. The Balaban J connectivity index is 1.51. The Kier molecular flexibility index (Phi) is 7.14. The summed E-state index contributed by atoms with van der Waals surface area (Å²) in [6.07, 6.45) is 1.96. The second-order valence-electron chi connectivity index (χ2n) is 7.77. The van der Waals surface area contributed by atoms with E-state index in [4.69, 9.17) is 32.9 Å². The van der Waals surface area contributed by atoms with Crippen molar-refractivity contribution >= 4 is 17.8 Å². The van der Waals surface area contributed by atoms with Crippen LogP contribution in [0.2, 0.25) is 0 Å². The Hall–Kier alpha value is -4.47. The highest BCUT2D eigenvalue weighted by Crippen LogP contribution is 2.41. The summed E-state index contributed by atoms with van der Waals surface area (Å²) >= 11 is 0. The second-order valence-corrected chi connectivity index (χ2v) is 7.77. The van der Waals surface area contributed by atoms with Gasteiger partial charge in [-0.25, -0.2) is 0 Å². The van der Waals surface area contributed by atoms with Crippen molar-refractivity contribution in [2.75, 3.05) is 28.4 Å². The van der Waals surface area contributed by atoms with Crippen LogP contribution >= 0.6 is 0 Å². The number of aromatic nitrogens is 1. The van der Waals surface area contributed by atoms with Crippen molar-refractivity contribution in [1.29, 1.82) is 0 Å². The Morgan fingerprint density at radius 1 is 0.972 bits per heavy atom. The molecule has 36 heavy (non-hydrogen) atoms. The molecular formula is C26H25NO9. The van der Waals surface area contributed by atoms with Crippen LogP contribution in [0.4, 0.5) is 0 Å². The molecule has 0 N–H and O–H groups in total. The zero-order valence-electron chi connectivity index (χ0n) is 20.5. The Morgan fingerprint density at radius 2 is 1.69 bits per heavy atom. The van der Waals surface area contributed by atoms with Gasteiger partial charge in [0.2, 0.25) is 11.5 Å². The van der Waals surface area contributed by atoms with E-state index >= 15 is 0 Å². The number of aryl methyl sites for hydroxylation is 1. The molecule has 10 nitrogen and oxygen atoms in total. The van der Waals surface area contributed by atoms with E-state index in [-0.39, 0.29) is 18.0 Å². The normalized spacial score (nSPS) is 13.2. The van der Waals surface area contributed by atoms with E-state index < -0.39 is 5.97 Å². The molecular weight excluding hydrogens is 470 g/mol. The maximum atomic E-state index is 13.0. The van der Waals surface area contributed by atoms with Crippen LogP contribution < -0.4 is 28.4 Å². The minimum atomic E-state index is -0.467. The van der Waals surface area contributed by atoms with Crippen molar-refractivity contribution in [3.05, 3.63) is 58.5 Å². The first-order valence-corrected chi connectivity index (χ1v) is 11.0. The molecule has 2 aromatic carbocycles. The van der Waals surface area contributed by atoms with Crippen LogP contribution in [0.5, 0.6) is 34.6 Å². The topological polar surface area (TPSA) is 116 Å². The van der Waals surface area contributed by atoms with Gasteiger partial charge >= 0.3 is 5.97 Å². The van der Waals surface area contributed by atoms with Crippen LogP contribution in [0.1, 0.15) is 33.7 Å². The van der Waals surface area contributed by atoms with Gasteiger partial charge in [0.25, 0.3) is 5.88 Å².